The average Bonchev–Trinajstić information content (AvgIpc) is 2.45. The number of nitrogens with two attached hydrogens (primary N) is 1. The molecule has 1 aromatic heterocycles. The van der Waals surface area contributed by atoms with Crippen molar-refractivity contribution in [3.05, 3.63) is 18.2 Å². The van der Waals surface area contributed by atoms with Gasteiger partial charge in [-0.1, -0.05) is 0 Å². The number of ether oxygens (including phenoxy) is 1. The van der Waals surface area contributed by atoms with Gasteiger partial charge in [0.25, 0.3) is 0 Å². The van der Waals surface area contributed by atoms with E-state index in [1.807, 2.05) is 13.0 Å². The smallest absolute Gasteiger partial charge is 0.140 e. The maximum Gasteiger partial charge on any atom is 0.140 e. The van der Waals surface area contributed by atoms with Gasteiger partial charge in [-0.2, -0.15) is 0 Å². The number of aromatic hydroxyl groups is 1. The van der Waals surface area contributed by atoms with E-state index in [1.165, 1.54) is 11.3 Å². The number of nitrogen functional groups attached to an aromatic ring is 1. The van der Waals surface area contributed by atoms with Gasteiger partial charge < -0.3 is 15.6 Å². The summed E-state index contributed by atoms with van der Waals surface area (Å²) in [6, 6.07) is 5.13. The molecule has 0 radical (unpaired) electrons. The van der Waals surface area contributed by atoms with Crippen LogP contribution in [0.4, 0.5) is 5.00 Å². The highest BCUT2D eigenvalue weighted by molar-refractivity contribution is 7.23. The molecule has 0 amide bonds. The van der Waals surface area contributed by atoms with Gasteiger partial charge in [0.2, 0.25) is 0 Å². The molecule has 0 unspecified atom stereocenters. The standard InChI is InChI=1S/C10H11NO2S/c1-2-13-8-5-7(12)3-6-4-9(11)14-10(6)8/h3-5,12H,2,11H2,1H3. The van der Waals surface area contributed by atoms with Crippen LogP contribution in [0.25, 0.3) is 10.1 Å². The normalized spacial score (nSPS) is 10.6. The third-order valence-corrected chi connectivity index (χ3v) is 2.88. The molecule has 14 heavy (non-hydrogen) atoms. The Morgan fingerprint density at radius 2 is 2.21 bits per heavy atom. The second kappa shape index (κ2) is 3.38. The van der Waals surface area contributed by atoms with Crippen molar-refractivity contribution in [3.8, 4) is 11.5 Å². The molecule has 0 spiro atoms. The van der Waals surface area contributed by atoms with Crippen LogP contribution in [0, 0.1) is 0 Å². The lowest BCUT2D eigenvalue weighted by molar-refractivity contribution is 0.342. The number of anilines is 1. The number of benzene rings is 1. The topological polar surface area (TPSA) is 55.5 Å². The van der Waals surface area contributed by atoms with Gasteiger partial charge in [0.1, 0.15) is 11.5 Å². The van der Waals surface area contributed by atoms with E-state index in [-0.39, 0.29) is 5.75 Å². The van der Waals surface area contributed by atoms with Crippen molar-refractivity contribution in [2.75, 3.05) is 12.3 Å². The minimum absolute atomic E-state index is 0.207. The van der Waals surface area contributed by atoms with Crippen LogP contribution in [-0.2, 0) is 0 Å². The molecule has 0 fully saturated rings. The molecule has 74 valence electrons. The first-order valence-corrected chi connectivity index (χ1v) is 5.17. The van der Waals surface area contributed by atoms with Crippen molar-refractivity contribution in [2.24, 2.45) is 0 Å². The van der Waals surface area contributed by atoms with Gasteiger partial charge >= 0.3 is 0 Å². The Morgan fingerprint density at radius 1 is 1.43 bits per heavy atom. The molecule has 3 N–H and O–H groups in total. The van der Waals surface area contributed by atoms with Gasteiger partial charge in [-0.15, -0.1) is 11.3 Å². The van der Waals surface area contributed by atoms with Crippen molar-refractivity contribution < 1.29 is 9.84 Å². The predicted octanol–water partition coefficient (Wildman–Crippen LogP) is 2.59. The van der Waals surface area contributed by atoms with Gasteiger partial charge in [-0.3, -0.25) is 0 Å². The molecule has 0 aliphatic rings. The summed E-state index contributed by atoms with van der Waals surface area (Å²) in [5.74, 6) is 0.906. The van der Waals surface area contributed by atoms with Crippen LogP contribution in [0.5, 0.6) is 11.5 Å². The van der Waals surface area contributed by atoms with Crippen LogP contribution in [0.15, 0.2) is 18.2 Å². The molecule has 0 aliphatic heterocycles. The van der Waals surface area contributed by atoms with E-state index in [9.17, 15) is 5.11 Å². The number of phenols is 1. The molecule has 0 atom stereocenters. The van der Waals surface area contributed by atoms with Crippen molar-refractivity contribution >= 4 is 26.4 Å². The van der Waals surface area contributed by atoms with Crippen LogP contribution >= 0.6 is 11.3 Å². The van der Waals surface area contributed by atoms with E-state index in [2.05, 4.69) is 0 Å². The molecule has 0 aliphatic carbocycles. The van der Waals surface area contributed by atoms with Crippen LogP contribution in [0.1, 0.15) is 6.92 Å². The highest BCUT2D eigenvalue weighted by Gasteiger charge is 2.07. The number of fused-ring (bicyclic) bond motifs is 1. The fourth-order valence-electron chi connectivity index (χ4n) is 1.39. The number of rotatable bonds is 2. The summed E-state index contributed by atoms with van der Waals surface area (Å²) in [6.45, 7) is 2.49. The minimum atomic E-state index is 0.207. The Kier molecular flexibility index (Phi) is 2.21. The van der Waals surface area contributed by atoms with Crippen molar-refractivity contribution in [2.45, 2.75) is 6.92 Å². The Labute approximate surface area is 85.7 Å². The Hall–Kier alpha value is -1.42. The zero-order chi connectivity index (χ0) is 10.1. The first-order chi connectivity index (χ1) is 6.70. The van der Waals surface area contributed by atoms with Crippen LogP contribution in [-0.4, -0.2) is 11.7 Å². The van der Waals surface area contributed by atoms with E-state index in [0.29, 0.717) is 12.4 Å². The second-order valence-electron chi connectivity index (χ2n) is 2.94. The maximum absolute atomic E-state index is 9.43. The highest BCUT2D eigenvalue weighted by atomic mass is 32.1. The molecule has 2 aromatic rings. The maximum atomic E-state index is 9.43. The quantitative estimate of drug-likeness (QED) is 0.799. The molecular weight excluding hydrogens is 198 g/mol. The third kappa shape index (κ3) is 1.48. The number of hydrogen-bond acceptors (Lipinski definition) is 4. The lowest BCUT2D eigenvalue weighted by Gasteiger charge is -2.04. The average molecular weight is 209 g/mol. The molecule has 0 saturated carbocycles. The molecule has 4 heteroatoms. The summed E-state index contributed by atoms with van der Waals surface area (Å²) in [7, 11) is 0. The Bertz CT molecular complexity index is 464. The summed E-state index contributed by atoms with van der Waals surface area (Å²) in [5.41, 5.74) is 5.69. The van der Waals surface area contributed by atoms with Gasteiger partial charge in [0, 0.05) is 11.5 Å². The highest BCUT2D eigenvalue weighted by Crippen LogP contribution is 2.37. The van der Waals surface area contributed by atoms with Crippen LogP contribution in [0.3, 0.4) is 0 Å². The van der Waals surface area contributed by atoms with E-state index < -0.39 is 0 Å². The molecule has 3 nitrogen and oxygen atoms in total. The van der Waals surface area contributed by atoms with E-state index in [0.717, 1.165) is 15.1 Å². The minimum Gasteiger partial charge on any atom is -0.508 e. The third-order valence-electron chi connectivity index (χ3n) is 1.89. The van der Waals surface area contributed by atoms with Gasteiger partial charge in [-0.25, -0.2) is 0 Å². The fraction of sp³-hybridized carbons (Fsp3) is 0.200. The largest absolute Gasteiger partial charge is 0.508 e. The van der Waals surface area contributed by atoms with E-state index in [1.54, 1.807) is 12.1 Å². The molecule has 1 aromatic carbocycles. The number of hydrogen-bond donors (Lipinski definition) is 2. The van der Waals surface area contributed by atoms with Crippen molar-refractivity contribution in [1.29, 1.82) is 0 Å². The SMILES string of the molecule is CCOc1cc(O)cc2cc(N)sc12. The van der Waals surface area contributed by atoms with E-state index >= 15 is 0 Å². The number of thiophene rings is 1. The molecule has 2 rings (SSSR count). The van der Waals surface area contributed by atoms with Gasteiger partial charge in [0.15, 0.2) is 0 Å². The number of phenolic OH excluding ortho intramolecular Hbond substituents is 1. The van der Waals surface area contributed by atoms with Crippen LogP contribution in [0.2, 0.25) is 0 Å². The van der Waals surface area contributed by atoms with Crippen molar-refractivity contribution in [3.63, 3.8) is 0 Å². The summed E-state index contributed by atoms with van der Waals surface area (Å²) < 4.78 is 6.40. The molecular formula is C10H11NO2S. The molecule has 1 heterocycles. The van der Waals surface area contributed by atoms with Crippen LogP contribution < -0.4 is 10.5 Å². The molecule has 0 bridgehead atoms. The monoisotopic (exact) mass is 209 g/mol. The Balaban J connectivity index is 2.66. The summed E-state index contributed by atoms with van der Waals surface area (Å²) in [6.07, 6.45) is 0. The molecule has 0 saturated heterocycles. The summed E-state index contributed by atoms with van der Waals surface area (Å²) >= 11 is 1.47. The van der Waals surface area contributed by atoms with Crippen molar-refractivity contribution in [1.82, 2.24) is 0 Å². The summed E-state index contributed by atoms with van der Waals surface area (Å²) in [4.78, 5) is 0. The first kappa shape index (κ1) is 9.15. The Morgan fingerprint density at radius 3 is 2.93 bits per heavy atom. The zero-order valence-corrected chi connectivity index (χ0v) is 8.60. The fourth-order valence-corrected chi connectivity index (χ4v) is 2.26. The predicted molar refractivity (Wildman–Crippen MR) is 59.1 cm³/mol. The van der Waals surface area contributed by atoms with Gasteiger partial charge in [0.05, 0.1) is 16.3 Å². The summed E-state index contributed by atoms with van der Waals surface area (Å²) in [5, 5.41) is 11.1. The van der Waals surface area contributed by atoms with Gasteiger partial charge in [-0.05, 0) is 19.1 Å². The lowest BCUT2D eigenvalue weighted by atomic mass is 10.2. The zero-order valence-electron chi connectivity index (χ0n) is 7.78. The van der Waals surface area contributed by atoms with E-state index in [4.69, 9.17) is 10.5 Å². The second-order valence-corrected chi connectivity index (χ2v) is 4.03. The lowest BCUT2D eigenvalue weighted by Crippen LogP contribution is -1.90. The first-order valence-electron chi connectivity index (χ1n) is 4.35.